The van der Waals surface area contributed by atoms with Crippen molar-refractivity contribution in [1.82, 2.24) is 5.48 Å². The van der Waals surface area contributed by atoms with Crippen LogP contribution < -0.4 is 5.48 Å². The number of hydrogen-bond acceptors (Lipinski definition) is 5. The van der Waals surface area contributed by atoms with Crippen molar-refractivity contribution in [3.05, 3.63) is 68.2 Å². The highest BCUT2D eigenvalue weighted by atomic mass is 35.5. The van der Waals surface area contributed by atoms with Crippen LogP contribution in [0.15, 0.2) is 41.4 Å². The maximum Gasteiger partial charge on any atom is 0.363 e. The average molecular weight is 390 g/mol. The van der Waals surface area contributed by atoms with Gasteiger partial charge in [-0.05, 0) is 49.1 Å². The largest absolute Gasteiger partial charge is 0.363 e. The van der Waals surface area contributed by atoms with Gasteiger partial charge in [-0.15, -0.1) is 0 Å². The first-order valence-electron chi connectivity index (χ1n) is 8.45. The van der Waals surface area contributed by atoms with Crippen molar-refractivity contribution in [2.24, 2.45) is 4.99 Å². The van der Waals surface area contributed by atoms with E-state index in [0.29, 0.717) is 0 Å². The zero-order chi connectivity index (χ0) is 19.8. The number of nitro benzene ring substituents is 1. The van der Waals surface area contributed by atoms with Gasteiger partial charge in [0.05, 0.1) is 16.2 Å². The summed E-state index contributed by atoms with van der Waals surface area (Å²) in [6.07, 6.45) is 4.56. The molecule has 0 aliphatic heterocycles. The van der Waals surface area contributed by atoms with Gasteiger partial charge in [-0.1, -0.05) is 37.1 Å². The van der Waals surface area contributed by atoms with Crippen molar-refractivity contribution in [3.63, 3.8) is 0 Å². The Bertz CT molecular complexity index is 868. The molecule has 2 rings (SSSR count). The molecule has 0 radical (unpaired) electrons. The summed E-state index contributed by atoms with van der Waals surface area (Å²) in [5.74, 6) is -0.784. The molecule has 0 saturated carbocycles. The lowest BCUT2D eigenvalue weighted by Crippen LogP contribution is -2.18. The van der Waals surface area contributed by atoms with Crippen LogP contribution in [0.2, 0.25) is 5.02 Å². The van der Waals surface area contributed by atoms with Crippen LogP contribution in [-0.4, -0.2) is 17.2 Å². The van der Waals surface area contributed by atoms with Gasteiger partial charge in [0, 0.05) is 6.07 Å². The highest BCUT2D eigenvalue weighted by Crippen LogP contribution is 2.25. The van der Waals surface area contributed by atoms with E-state index in [-0.39, 0.29) is 16.3 Å². The van der Waals surface area contributed by atoms with Gasteiger partial charge in [0.25, 0.3) is 5.69 Å². The monoisotopic (exact) mass is 389 g/mol. The fraction of sp³-hybridized carbons (Fsp3) is 0.263. The molecule has 0 saturated heterocycles. The fourth-order valence-corrected chi connectivity index (χ4v) is 2.60. The zero-order valence-electron chi connectivity index (χ0n) is 15.1. The Kier molecular flexibility index (Phi) is 7.31. The van der Waals surface area contributed by atoms with Crippen LogP contribution in [0.1, 0.15) is 41.3 Å². The average Bonchev–Trinajstić information content (AvgIpc) is 2.64. The van der Waals surface area contributed by atoms with Gasteiger partial charge < -0.3 is 4.84 Å². The highest BCUT2D eigenvalue weighted by molar-refractivity contribution is 6.32. The third kappa shape index (κ3) is 5.79. The van der Waals surface area contributed by atoms with Gasteiger partial charge in [-0.2, -0.15) is 0 Å². The summed E-state index contributed by atoms with van der Waals surface area (Å²) in [5, 5.41) is 10.8. The molecule has 0 bridgehead atoms. The van der Waals surface area contributed by atoms with E-state index in [9.17, 15) is 14.9 Å². The van der Waals surface area contributed by atoms with E-state index in [4.69, 9.17) is 16.4 Å². The van der Waals surface area contributed by atoms with E-state index < -0.39 is 10.9 Å². The topological polar surface area (TPSA) is 93.8 Å². The summed E-state index contributed by atoms with van der Waals surface area (Å²) in [6, 6.07) is 9.68. The number of benzene rings is 2. The van der Waals surface area contributed by atoms with E-state index in [1.165, 1.54) is 24.0 Å². The fourth-order valence-electron chi connectivity index (χ4n) is 2.41. The predicted molar refractivity (Wildman–Crippen MR) is 105 cm³/mol. The van der Waals surface area contributed by atoms with Crippen LogP contribution in [-0.2, 0) is 11.3 Å². The lowest BCUT2D eigenvalue weighted by Gasteiger charge is -2.05. The van der Waals surface area contributed by atoms with Crippen LogP contribution in [0.25, 0.3) is 0 Å². The van der Waals surface area contributed by atoms with Gasteiger partial charge in [0.1, 0.15) is 11.4 Å². The molecular weight excluding hydrogens is 370 g/mol. The summed E-state index contributed by atoms with van der Waals surface area (Å²) in [7, 11) is 0. The molecule has 0 fully saturated rings. The molecule has 0 atom stereocenters. The number of hydroxylamine groups is 1. The van der Waals surface area contributed by atoms with Crippen LogP contribution in [0, 0.1) is 17.0 Å². The molecule has 0 aliphatic carbocycles. The Morgan fingerprint density at radius 2 is 2.11 bits per heavy atom. The molecular formula is C19H20ClN3O4. The van der Waals surface area contributed by atoms with E-state index in [1.807, 2.05) is 19.1 Å². The predicted octanol–water partition coefficient (Wildman–Crippen LogP) is 4.92. The van der Waals surface area contributed by atoms with Crippen molar-refractivity contribution in [3.8, 4) is 0 Å². The lowest BCUT2D eigenvalue weighted by molar-refractivity contribution is -0.384. The number of aryl methyl sites for hydroxylation is 2. The van der Waals surface area contributed by atoms with E-state index in [2.05, 4.69) is 23.5 Å². The minimum absolute atomic E-state index is 0.00320. The number of aliphatic imine (C=N–C) groups is 1. The quantitative estimate of drug-likeness (QED) is 0.299. The van der Waals surface area contributed by atoms with Crippen molar-refractivity contribution < 1.29 is 14.6 Å². The maximum atomic E-state index is 11.9. The Morgan fingerprint density at radius 3 is 2.78 bits per heavy atom. The molecule has 1 N–H and O–H groups in total. The number of carbonyl (C=O) groups excluding carboxylic acids is 1. The molecule has 2 aromatic carbocycles. The highest BCUT2D eigenvalue weighted by Gasteiger charge is 2.17. The van der Waals surface area contributed by atoms with Crippen LogP contribution in [0.4, 0.5) is 11.4 Å². The second kappa shape index (κ2) is 9.68. The summed E-state index contributed by atoms with van der Waals surface area (Å²) in [5.41, 5.74) is 5.00. The van der Waals surface area contributed by atoms with Crippen molar-refractivity contribution in [1.29, 1.82) is 0 Å². The molecule has 0 aromatic heterocycles. The molecule has 0 aliphatic rings. The Morgan fingerprint density at radius 1 is 1.33 bits per heavy atom. The van der Waals surface area contributed by atoms with Gasteiger partial charge in [-0.25, -0.2) is 15.3 Å². The molecule has 0 spiro atoms. The summed E-state index contributed by atoms with van der Waals surface area (Å²) in [6.45, 7) is 4.11. The molecule has 2 aromatic rings. The standard InChI is InChI=1S/C19H20ClN3O4/c1-3-4-5-14-6-9-17(13(2)10-14)21-12-22-27-19(24)15-7-8-16(20)18(11-15)23(25)26/h6-12H,3-5H2,1-2H3,(H,21,22). The third-order valence-corrected chi connectivity index (χ3v) is 4.19. The van der Waals surface area contributed by atoms with Crippen molar-refractivity contribution in [2.45, 2.75) is 33.1 Å². The van der Waals surface area contributed by atoms with E-state index in [0.717, 1.165) is 36.6 Å². The van der Waals surface area contributed by atoms with Crippen LogP contribution in [0.5, 0.6) is 0 Å². The van der Waals surface area contributed by atoms with Gasteiger partial charge in [0.15, 0.2) is 0 Å². The number of hydrogen-bond donors (Lipinski definition) is 1. The van der Waals surface area contributed by atoms with Crippen LogP contribution >= 0.6 is 11.6 Å². The first-order valence-corrected chi connectivity index (χ1v) is 8.83. The summed E-state index contributed by atoms with van der Waals surface area (Å²) >= 11 is 5.71. The van der Waals surface area contributed by atoms with Crippen molar-refractivity contribution >= 4 is 35.3 Å². The second-order valence-electron chi connectivity index (χ2n) is 5.91. The van der Waals surface area contributed by atoms with Crippen molar-refractivity contribution in [2.75, 3.05) is 0 Å². The number of nitrogens with one attached hydrogen (secondary N) is 1. The van der Waals surface area contributed by atoms with Crippen LogP contribution in [0.3, 0.4) is 0 Å². The Labute approximate surface area is 162 Å². The van der Waals surface area contributed by atoms with Gasteiger partial charge in [-0.3, -0.25) is 10.1 Å². The normalized spacial score (nSPS) is 10.8. The molecule has 27 heavy (non-hydrogen) atoms. The smallest absolute Gasteiger partial charge is 0.337 e. The minimum atomic E-state index is -0.784. The second-order valence-corrected chi connectivity index (χ2v) is 6.32. The minimum Gasteiger partial charge on any atom is -0.337 e. The maximum absolute atomic E-state index is 11.9. The molecule has 8 heteroatoms. The number of rotatable bonds is 8. The lowest BCUT2D eigenvalue weighted by atomic mass is 10.0. The molecule has 0 heterocycles. The molecule has 7 nitrogen and oxygen atoms in total. The number of halogens is 1. The Balaban J connectivity index is 1.95. The number of nitrogens with zero attached hydrogens (tertiary/aromatic N) is 2. The summed E-state index contributed by atoms with van der Waals surface area (Å²) < 4.78 is 0. The SMILES string of the molecule is CCCCc1ccc(N=CNOC(=O)c2ccc(Cl)c([N+](=O)[O-])c2)c(C)c1. The number of unbranched alkanes of at least 4 members (excludes halogenated alkanes) is 1. The molecule has 0 unspecified atom stereocenters. The summed E-state index contributed by atoms with van der Waals surface area (Å²) in [4.78, 5) is 31.2. The molecule has 0 amide bonds. The number of carbonyl (C=O) groups is 1. The van der Waals surface area contributed by atoms with Gasteiger partial charge >= 0.3 is 5.97 Å². The zero-order valence-corrected chi connectivity index (χ0v) is 15.8. The Hall–Kier alpha value is -2.93. The third-order valence-electron chi connectivity index (χ3n) is 3.87. The van der Waals surface area contributed by atoms with Gasteiger partial charge in [0.2, 0.25) is 0 Å². The molecule has 142 valence electrons. The number of nitro groups is 1. The first kappa shape index (κ1) is 20.4. The van der Waals surface area contributed by atoms with E-state index >= 15 is 0 Å². The van der Waals surface area contributed by atoms with E-state index in [1.54, 1.807) is 0 Å². The first-order chi connectivity index (χ1) is 12.9.